The molecule has 2 N–H and O–H groups in total. The van der Waals surface area contributed by atoms with Crippen LogP contribution in [0, 0.1) is 6.92 Å². The zero-order chi connectivity index (χ0) is 17.2. The minimum absolute atomic E-state index is 0.0134. The van der Waals surface area contributed by atoms with Crippen LogP contribution in [-0.2, 0) is 13.8 Å². The number of hydrogen-bond donors (Lipinski definition) is 2. The number of H-pyrrole nitrogens is 1. The average Bonchev–Trinajstić information content (AvgIpc) is 2.49. The Hall–Kier alpha value is -0.960. The molecule has 0 aromatic carbocycles. The molecule has 2 rings (SSSR count). The Bertz CT molecular complexity index is 718. The van der Waals surface area contributed by atoms with Crippen molar-refractivity contribution in [3.63, 3.8) is 0 Å². The third-order valence-electron chi connectivity index (χ3n) is 3.39. The van der Waals surface area contributed by atoms with Gasteiger partial charge in [0.05, 0.1) is 12.7 Å². The molecule has 1 aromatic heterocycles. The lowest BCUT2D eigenvalue weighted by Crippen LogP contribution is -2.47. The van der Waals surface area contributed by atoms with E-state index >= 15 is 0 Å². The van der Waals surface area contributed by atoms with Gasteiger partial charge < -0.3 is 14.6 Å². The van der Waals surface area contributed by atoms with Gasteiger partial charge in [-0.3, -0.25) is 18.9 Å². The smallest absolute Gasteiger partial charge is 0.350 e. The topological polar surface area (TPSA) is 106 Å². The van der Waals surface area contributed by atoms with Crippen LogP contribution in [0.3, 0.4) is 0 Å². The second-order valence-corrected chi connectivity index (χ2v) is 8.69. The van der Waals surface area contributed by atoms with E-state index in [-0.39, 0.29) is 6.61 Å². The van der Waals surface area contributed by atoms with Gasteiger partial charge in [0, 0.05) is 24.8 Å². The van der Waals surface area contributed by atoms with Crippen molar-refractivity contribution < 1.29 is 13.8 Å². The summed E-state index contributed by atoms with van der Waals surface area (Å²) in [4.78, 5) is 25.6. The maximum atomic E-state index is 11.9. The van der Waals surface area contributed by atoms with Crippen LogP contribution in [0.25, 0.3) is 0 Å². The molecule has 1 saturated heterocycles. The normalized spacial score (nSPS) is 24.6. The van der Waals surface area contributed by atoms with Crippen LogP contribution in [0.1, 0.15) is 11.8 Å². The zero-order valence-electron chi connectivity index (χ0n) is 13.1. The molecule has 11 heteroatoms. The molecule has 1 fully saturated rings. The Balaban J connectivity index is 2.07. The van der Waals surface area contributed by atoms with Crippen molar-refractivity contribution in [1.82, 2.24) is 19.5 Å². The number of aromatic nitrogens is 2. The summed E-state index contributed by atoms with van der Waals surface area (Å²) in [5.74, 6) is 0. The molecule has 130 valence electrons. The van der Waals surface area contributed by atoms with Crippen molar-refractivity contribution in [3.8, 4) is 0 Å². The van der Waals surface area contributed by atoms with Crippen LogP contribution in [-0.4, -0.2) is 54.1 Å². The summed E-state index contributed by atoms with van der Waals surface area (Å²) in [7, 11) is 3.11. The van der Waals surface area contributed by atoms with E-state index in [1.165, 1.54) is 15.4 Å². The first kappa shape index (κ1) is 18.4. The fourth-order valence-corrected chi connectivity index (χ4v) is 2.79. The molecule has 1 aromatic rings. The van der Waals surface area contributed by atoms with Crippen molar-refractivity contribution in [2.75, 3.05) is 33.8 Å². The van der Waals surface area contributed by atoms with Crippen molar-refractivity contribution in [1.29, 1.82) is 0 Å². The van der Waals surface area contributed by atoms with Crippen LogP contribution in [0.2, 0.25) is 0 Å². The second-order valence-electron chi connectivity index (χ2n) is 5.44. The first-order chi connectivity index (χ1) is 10.7. The summed E-state index contributed by atoms with van der Waals surface area (Å²) in [6.45, 7) is -0.881. The third kappa shape index (κ3) is 4.53. The zero-order valence-corrected chi connectivity index (χ0v) is 14.8. The third-order valence-corrected chi connectivity index (χ3v) is 6.02. The Morgan fingerprint density at radius 2 is 2.17 bits per heavy atom. The lowest BCUT2D eigenvalue weighted by Gasteiger charge is -2.32. The van der Waals surface area contributed by atoms with E-state index in [1.54, 1.807) is 21.0 Å². The van der Waals surface area contributed by atoms with Crippen LogP contribution in [0.5, 0.6) is 0 Å². The lowest BCUT2D eigenvalue weighted by molar-refractivity contribution is -0.0932. The molecule has 3 atom stereocenters. The van der Waals surface area contributed by atoms with Gasteiger partial charge in [0.2, 0.25) is 0 Å². The Morgan fingerprint density at radius 1 is 1.48 bits per heavy atom. The molecule has 9 nitrogen and oxygen atoms in total. The lowest BCUT2D eigenvalue weighted by atomic mass is 10.3. The first-order valence-electron chi connectivity index (χ1n) is 7.01. The van der Waals surface area contributed by atoms with Gasteiger partial charge in [-0.25, -0.2) is 9.46 Å². The number of nitrogens with one attached hydrogen (secondary N) is 2. The molecule has 0 spiro atoms. The summed E-state index contributed by atoms with van der Waals surface area (Å²) in [5.41, 5.74) is -0.571. The molecule has 0 aliphatic carbocycles. The number of halogens is 1. The summed E-state index contributed by atoms with van der Waals surface area (Å²) >= 11 is 5.80. The van der Waals surface area contributed by atoms with Crippen molar-refractivity contribution in [2.45, 2.75) is 19.3 Å². The standard InChI is InChI=1S/C12H20ClN4O5P/c1-8-6-17(12(19)15-11(8)18)10-5-14-4-9(22-10)7-21-23(13,20)16(2)3/h6,9-10,14H,4-5,7H2,1-3H3,(H,15,18,19)/t9-,10+,23?/m0/s1. The molecular formula is C12H20ClN4O5P. The van der Waals surface area contributed by atoms with Crippen LogP contribution in [0.15, 0.2) is 15.8 Å². The first-order valence-corrected chi connectivity index (χ1v) is 9.49. The maximum Gasteiger partial charge on any atom is 0.362 e. The predicted molar refractivity (Wildman–Crippen MR) is 85.9 cm³/mol. The highest BCUT2D eigenvalue weighted by atomic mass is 35.7. The quantitative estimate of drug-likeness (QED) is 0.720. The number of rotatable bonds is 5. The molecule has 0 bridgehead atoms. The molecule has 0 radical (unpaired) electrons. The van der Waals surface area contributed by atoms with E-state index in [1.807, 2.05) is 0 Å². The van der Waals surface area contributed by atoms with Gasteiger partial charge in [-0.2, -0.15) is 0 Å². The van der Waals surface area contributed by atoms with Crippen molar-refractivity contribution in [3.05, 3.63) is 32.6 Å². The Kier molecular flexibility index (Phi) is 5.83. The summed E-state index contributed by atoms with van der Waals surface area (Å²) in [6.07, 6.45) is 0.414. The molecule has 23 heavy (non-hydrogen) atoms. The minimum atomic E-state index is -3.36. The monoisotopic (exact) mass is 366 g/mol. The van der Waals surface area contributed by atoms with Crippen molar-refractivity contribution in [2.24, 2.45) is 0 Å². The van der Waals surface area contributed by atoms with Crippen LogP contribution < -0.4 is 16.6 Å². The van der Waals surface area contributed by atoms with Gasteiger partial charge in [-0.05, 0) is 32.3 Å². The second kappa shape index (κ2) is 7.29. The van der Waals surface area contributed by atoms with Gasteiger partial charge in [-0.1, -0.05) is 0 Å². The van der Waals surface area contributed by atoms with E-state index in [0.717, 1.165) is 0 Å². The molecule has 0 saturated carbocycles. The number of aromatic amines is 1. The van der Waals surface area contributed by atoms with Gasteiger partial charge in [0.25, 0.3) is 5.56 Å². The summed E-state index contributed by atoms with van der Waals surface area (Å²) < 4.78 is 25.6. The van der Waals surface area contributed by atoms with Gasteiger partial charge in [-0.15, -0.1) is 0 Å². The van der Waals surface area contributed by atoms with Gasteiger partial charge in [0.1, 0.15) is 0 Å². The predicted octanol–water partition coefficient (Wildman–Crippen LogP) is 0.257. The van der Waals surface area contributed by atoms with Crippen LogP contribution >= 0.6 is 18.1 Å². The van der Waals surface area contributed by atoms with E-state index in [9.17, 15) is 14.2 Å². The number of aryl methyl sites for hydroxylation is 1. The number of nitrogens with zero attached hydrogens (tertiary/aromatic N) is 2. The van der Waals surface area contributed by atoms with Gasteiger partial charge >= 0.3 is 12.6 Å². The number of hydrogen-bond acceptors (Lipinski definition) is 6. The van der Waals surface area contributed by atoms with E-state index in [4.69, 9.17) is 20.5 Å². The highest BCUT2D eigenvalue weighted by molar-refractivity contribution is 7.83. The molecular weight excluding hydrogens is 347 g/mol. The van der Waals surface area contributed by atoms with Crippen LogP contribution in [0.4, 0.5) is 0 Å². The molecule has 2 heterocycles. The number of ether oxygens (including phenoxy) is 1. The molecule has 1 aliphatic rings. The van der Waals surface area contributed by atoms with E-state index < -0.39 is 30.5 Å². The fourth-order valence-electron chi connectivity index (χ4n) is 2.04. The fraction of sp³-hybridized carbons (Fsp3) is 0.667. The van der Waals surface area contributed by atoms with Crippen molar-refractivity contribution >= 4 is 18.1 Å². The average molecular weight is 367 g/mol. The maximum absolute atomic E-state index is 11.9. The molecule has 0 amide bonds. The summed E-state index contributed by atoms with van der Waals surface area (Å²) in [6, 6.07) is 0. The minimum Gasteiger partial charge on any atom is -0.350 e. The highest BCUT2D eigenvalue weighted by Gasteiger charge is 2.29. The summed E-state index contributed by atoms with van der Waals surface area (Å²) in [5, 5.41) is 3.11. The Labute approximate surface area is 137 Å². The van der Waals surface area contributed by atoms with E-state index in [2.05, 4.69) is 10.3 Å². The van der Waals surface area contributed by atoms with Gasteiger partial charge in [0.15, 0.2) is 6.23 Å². The molecule has 1 aliphatic heterocycles. The highest BCUT2D eigenvalue weighted by Crippen LogP contribution is 2.54. The molecule has 1 unspecified atom stereocenters. The Morgan fingerprint density at radius 3 is 2.83 bits per heavy atom. The number of morpholine rings is 1. The van der Waals surface area contributed by atoms with E-state index in [0.29, 0.717) is 18.7 Å². The SMILES string of the molecule is Cc1cn([C@H]2CNC[C@@H](COP(=O)(Cl)N(C)C)O2)c(=O)[nH]c1=O. The largest absolute Gasteiger partial charge is 0.362 e.